The fourth-order valence-electron chi connectivity index (χ4n) is 3.88. The first kappa shape index (κ1) is 25.3. The molecule has 2 heterocycles. The van der Waals surface area contributed by atoms with E-state index in [0.717, 1.165) is 11.3 Å². The number of benzene rings is 2. The minimum absolute atomic E-state index is 0.0669. The number of thiazole rings is 1. The highest BCUT2D eigenvalue weighted by Crippen LogP contribution is 2.36. The fourth-order valence-corrected chi connectivity index (χ4v) is 5.13. The topological polar surface area (TPSA) is 96.2 Å². The molecule has 0 radical (unpaired) electrons. The highest BCUT2D eigenvalue weighted by molar-refractivity contribution is 7.07. The maximum atomic E-state index is 14.4. The van der Waals surface area contributed by atoms with E-state index in [0.29, 0.717) is 16.1 Å². The van der Waals surface area contributed by atoms with Gasteiger partial charge in [-0.15, -0.1) is 0 Å². The largest absolute Gasteiger partial charge is 0.493 e. The van der Waals surface area contributed by atoms with E-state index in [2.05, 4.69) is 4.99 Å². The number of fused-ring (bicyclic) bond motifs is 1. The number of nitrogens with zero attached hydrogens (tertiary/aromatic N) is 2. The van der Waals surface area contributed by atoms with E-state index < -0.39 is 29.4 Å². The Labute approximate surface area is 213 Å². The number of carbonyl (C=O) groups excluding carboxylic acids is 2. The van der Waals surface area contributed by atoms with Gasteiger partial charge in [0.2, 0.25) is 0 Å². The standard InChI is InChI=1S/C25H20ClFN2O6S/c1-12-21(24(32)34-4)22(14-8-9-18(35-13(2)30)19(10-14)33-3)29-23(31)20(36-25(29)28-12)11-15-16(26)6-5-7-17(15)27/h5-11,22H,1-4H3/b20-11+/t22-/m0/s1. The van der Waals surface area contributed by atoms with Crippen LogP contribution in [0.1, 0.15) is 31.0 Å². The Morgan fingerprint density at radius 2 is 1.94 bits per heavy atom. The average Bonchev–Trinajstić information content (AvgIpc) is 3.14. The number of ether oxygens (including phenoxy) is 3. The smallest absolute Gasteiger partial charge is 0.338 e. The molecule has 186 valence electrons. The van der Waals surface area contributed by atoms with Gasteiger partial charge in [-0.1, -0.05) is 35.1 Å². The van der Waals surface area contributed by atoms with Crippen LogP contribution in [0.4, 0.5) is 4.39 Å². The SMILES string of the molecule is COC(=O)C1=C(C)N=c2s/c(=C/c3c(F)cccc3Cl)c(=O)n2[C@H]1c1ccc(OC(C)=O)c(OC)c1. The Morgan fingerprint density at radius 3 is 2.58 bits per heavy atom. The molecule has 1 aliphatic heterocycles. The van der Waals surface area contributed by atoms with E-state index in [1.54, 1.807) is 19.1 Å². The molecule has 0 amide bonds. The van der Waals surface area contributed by atoms with Gasteiger partial charge in [0.1, 0.15) is 5.82 Å². The lowest BCUT2D eigenvalue weighted by Crippen LogP contribution is -2.39. The summed E-state index contributed by atoms with van der Waals surface area (Å²) in [5.74, 6) is -1.39. The van der Waals surface area contributed by atoms with E-state index in [-0.39, 0.29) is 32.2 Å². The quantitative estimate of drug-likeness (QED) is 0.371. The Morgan fingerprint density at radius 1 is 1.19 bits per heavy atom. The summed E-state index contributed by atoms with van der Waals surface area (Å²) in [5.41, 5.74) is 0.542. The van der Waals surface area contributed by atoms with Crippen molar-refractivity contribution in [3.05, 3.63) is 89.3 Å². The lowest BCUT2D eigenvalue weighted by atomic mass is 9.95. The number of methoxy groups -OCH3 is 2. The molecule has 0 N–H and O–H groups in total. The average molecular weight is 531 g/mol. The molecule has 8 nitrogen and oxygen atoms in total. The third-order valence-electron chi connectivity index (χ3n) is 5.46. The fraction of sp³-hybridized carbons (Fsp3) is 0.200. The summed E-state index contributed by atoms with van der Waals surface area (Å²) in [7, 11) is 2.63. The van der Waals surface area contributed by atoms with Crippen LogP contribution in [0.3, 0.4) is 0 Å². The highest BCUT2D eigenvalue weighted by Gasteiger charge is 2.33. The number of carbonyl (C=O) groups is 2. The van der Waals surface area contributed by atoms with Crippen LogP contribution in [0.5, 0.6) is 11.5 Å². The van der Waals surface area contributed by atoms with Crippen LogP contribution in [0.2, 0.25) is 5.02 Å². The third-order valence-corrected chi connectivity index (χ3v) is 6.77. The zero-order chi connectivity index (χ0) is 26.1. The summed E-state index contributed by atoms with van der Waals surface area (Å²) in [6.45, 7) is 2.89. The van der Waals surface area contributed by atoms with Crippen LogP contribution in [0.15, 0.2) is 57.5 Å². The molecule has 0 fully saturated rings. The Kier molecular flexibility index (Phi) is 7.09. The molecule has 4 rings (SSSR count). The lowest BCUT2D eigenvalue weighted by Gasteiger charge is -2.25. The van der Waals surface area contributed by atoms with E-state index >= 15 is 0 Å². The molecule has 36 heavy (non-hydrogen) atoms. The monoisotopic (exact) mass is 530 g/mol. The predicted molar refractivity (Wildman–Crippen MR) is 131 cm³/mol. The van der Waals surface area contributed by atoms with E-state index in [1.165, 1.54) is 56.1 Å². The summed E-state index contributed by atoms with van der Waals surface area (Å²) in [4.78, 5) is 42.6. The van der Waals surface area contributed by atoms with E-state index in [1.807, 2.05) is 0 Å². The molecule has 3 aromatic rings. The summed E-state index contributed by atoms with van der Waals surface area (Å²) in [5, 5.41) is 0.148. The number of esters is 2. The van der Waals surface area contributed by atoms with Gasteiger partial charge >= 0.3 is 11.9 Å². The van der Waals surface area contributed by atoms with Crippen LogP contribution in [-0.4, -0.2) is 30.7 Å². The summed E-state index contributed by atoms with van der Waals surface area (Å²) in [6.07, 6.45) is 1.36. The third kappa shape index (κ3) is 4.57. The minimum atomic E-state index is -0.938. The summed E-state index contributed by atoms with van der Waals surface area (Å²) < 4.78 is 31.5. The molecule has 0 bridgehead atoms. The number of aromatic nitrogens is 1. The molecule has 0 saturated carbocycles. The molecule has 2 aromatic carbocycles. The van der Waals surface area contributed by atoms with Gasteiger partial charge in [0.25, 0.3) is 5.56 Å². The molecule has 11 heteroatoms. The minimum Gasteiger partial charge on any atom is -0.493 e. The molecule has 1 aromatic heterocycles. The van der Waals surface area contributed by atoms with Crippen LogP contribution < -0.4 is 24.4 Å². The molecule has 1 atom stereocenters. The van der Waals surface area contributed by atoms with Crippen molar-refractivity contribution in [3.8, 4) is 11.5 Å². The molecule has 0 unspecified atom stereocenters. The molecule has 1 aliphatic rings. The number of allylic oxidation sites excluding steroid dienone is 1. The van der Waals surface area contributed by atoms with Gasteiger partial charge in [-0.25, -0.2) is 14.2 Å². The Hall–Kier alpha value is -3.76. The van der Waals surface area contributed by atoms with Crippen LogP contribution in [0.25, 0.3) is 6.08 Å². The second-order valence-corrected chi connectivity index (χ2v) is 9.13. The van der Waals surface area contributed by atoms with Gasteiger partial charge in [0.15, 0.2) is 16.3 Å². The predicted octanol–water partition coefficient (Wildman–Crippen LogP) is 3.13. The van der Waals surface area contributed by atoms with Crippen molar-refractivity contribution in [2.75, 3.05) is 14.2 Å². The molecular formula is C25H20ClFN2O6S. The lowest BCUT2D eigenvalue weighted by molar-refractivity contribution is -0.136. The van der Waals surface area contributed by atoms with E-state index in [4.69, 9.17) is 25.8 Å². The van der Waals surface area contributed by atoms with Crippen molar-refractivity contribution in [2.45, 2.75) is 19.9 Å². The number of rotatable bonds is 5. The first-order chi connectivity index (χ1) is 17.2. The van der Waals surface area contributed by atoms with Crippen molar-refractivity contribution in [2.24, 2.45) is 4.99 Å². The van der Waals surface area contributed by atoms with Gasteiger partial charge in [-0.2, -0.15) is 0 Å². The number of hydrogen-bond acceptors (Lipinski definition) is 8. The van der Waals surface area contributed by atoms with Gasteiger partial charge < -0.3 is 14.2 Å². The van der Waals surface area contributed by atoms with Crippen LogP contribution >= 0.6 is 22.9 Å². The van der Waals surface area contributed by atoms with Crippen molar-refractivity contribution in [3.63, 3.8) is 0 Å². The van der Waals surface area contributed by atoms with Crippen LogP contribution in [0, 0.1) is 5.82 Å². The zero-order valence-corrected chi connectivity index (χ0v) is 21.2. The first-order valence-electron chi connectivity index (χ1n) is 10.6. The Balaban J connectivity index is 1.99. The second-order valence-electron chi connectivity index (χ2n) is 7.71. The van der Waals surface area contributed by atoms with Gasteiger partial charge in [-0.05, 0) is 42.8 Å². The maximum Gasteiger partial charge on any atom is 0.338 e. The van der Waals surface area contributed by atoms with Gasteiger partial charge in [0.05, 0.1) is 41.1 Å². The van der Waals surface area contributed by atoms with Crippen molar-refractivity contribution in [1.82, 2.24) is 4.57 Å². The van der Waals surface area contributed by atoms with Gasteiger partial charge in [-0.3, -0.25) is 14.2 Å². The van der Waals surface area contributed by atoms with Crippen LogP contribution in [-0.2, 0) is 14.3 Å². The second kappa shape index (κ2) is 10.1. The maximum absolute atomic E-state index is 14.4. The van der Waals surface area contributed by atoms with Crippen molar-refractivity contribution >= 4 is 41.0 Å². The summed E-state index contributed by atoms with van der Waals surface area (Å²) in [6, 6.07) is 7.98. The zero-order valence-electron chi connectivity index (χ0n) is 19.6. The number of halogens is 2. The van der Waals surface area contributed by atoms with Crippen molar-refractivity contribution in [1.29, 1.82) is 0 Å². The molecular weight excluding hydrogens is 511 g/mol. The van der Waals surface area contributed by atoms with E-state index in [9.17, 15) is 18.8 Å². The number of hydrogen-bond donors (Lipinski definition) is 0. The summed E-state index contributed by atoms with van der Waals surface area (Å²) >= 11 is 7.19. The Bertz CT molecular complexity index is 1590. The van der Waals surface area contributed by atoms with Crippen molar-refractivity contribution < 1.29 is 28.2 Å². The molecule has 0 spiro atoms. The highest BCUT2D eigenvalue weighted by atomic mass is 35.5. The van der Waals surface area contributed by atoms with Gasteiger partial charge in [0, 0.05) is 12.5 Å². The first-order valence-corrected chi connectivity index (χ1v) is 11.8. The normalized spacial score (nSPS) is 15.3. The molecule has 0 saturated heterocycles. The molecule has 0 aliphatic carbocycles.